The monoisotopic (exact) mass is 180 g/mol. The second kappa shape index (κ2) is 5.67. The van der Waals surface area contributed by atoms with Gasteiger partial charge in [0.1, 0.15) is 6.33 Å². The van der Waals surface area contributed by atoms with Gasteiger partial charge in [-0.2, -0.15) is 0 Å². The van der Waals surface area contributed by atoms with E-state index in [9.17, 15) is 0 Å². The Morgan fingerprint density at radius 2 is 2.00 bits per heavy atom. The van der Waals surface area contributed by atoms with Crippen LogP contribution in [-0.4, -0.2) is 30.3 Å². The lowest BCUT2D eigenvalue weighted by molar-refractivity contribution is 0.224. The van der Waals surface area contributed by atoms with E-state index in [0.717, 1.165) is 5.59 Å². The molecule has 0 radical (unpaired) electrons. The summed E-state index contributed by atoms with van der Waals surface area (Å²) in [6, 6.07) is 1.79. The Morgan fingerprint density at radius 1 is 1.31 bits per heavy atom. The van der Waals surface area contributed by atoms with Crippen LogP contribution in [-0.2, 0) is 9.31 Å². The highest BCUT2D eigenvalue weighted by atomic mass is 16.6. The molecule has 5 heteroatoms. The maximum atomic E-state index is 5.36. The van der Waals surface area contributed by atoms with Crippen molar-refractivity contribution in [1.29, 1.82) is 0 Å². The lowest BCUT2D eigenvalue weighted by atomic mass is 9.84. The summed E-state index contributed by atoms with van der Waals surface area (Å²) in [5.74, 6) is 0. The van der Waals surface area contributed by atoms with E-state index in [4.69, 9.17) is 9.31 Å². The van der Waals surface area contributed by atoms with Crippen LogP contribution in [0, 0.1) is 0 Å². The number of rotatable bonds is 5. The molecule has 0 bridgehead atoms. The molecule has 4 nitrogen and oxygen atoms in total. The Kier molecular flexibility index (Phi) is 4.42. The zero-order chi connectivity index (χ0) is 9.52. The fraction of sp³-hybridized carbons (Fsp3) is 0.500. The van der Waals surface area contributed by atoms with Gasteiger partial charge < -0.3 is 9.31 Å². The number of hydrogen-bond donors (Lipinski definition) is 0. The van der Waals surface area contributed by atoms with Crippen LogP contribution in [0.5, 0.6) is 0 Å². The molecule has 0 aliphatic rings. The Bertz CT molecular complexity index is 227. The summed E-state index contributed by atoms with van der Waals surface area (Å²) in [6.07, 6.45) is 3.16. The molecule has 0 aromatic carbocycles. The summed E-state index contributed by atoms with van der Waals surface area (Å²) in [5.41, 5.74) is 0.763. The predicted octanol–water partition coefficient (Wildman–Crippen LogP) is 0.245. The van der Waals surface area contributed by atoms with Crippen molar-refractivity contribution in [3.05, 3.63) is 18.6 Å². The third-order valence-electron chi connectivity index (χ3n) is 1.48. The van der Waals surface area contributed by atoms with Gasteiger partial charge in [-0.3, -0.25) is 0 Å². The highest BCUT2D eigenvalue weighted by molar-refractivity contribution is 6.60. The summed E-state index contributed by atoms with van der Waals surface area (Å²) in [4.78, 5) is 7.88. The molecule has 0 saturated carbocycles. The minimum Gasteiger partial charge on any atom is -0.407 e. The standard InChI is InChI=1S/C8H13BN2O2/c1-3-12-9(13-4-2)8-5-6-10-7-11-8/h5-7H,3-4H2,1-2H3. The molecule has 0 spiro atoms. The topological polar surface area (TPSA) is 44.2 Å². The second-order valence-corrected chi connectivity index (χ2v) is 2.38. The van der Waals surface area contributed by atoms with E-state index in [1.807, 2.05) is 13.8 Å². The van der Waals surface area contributed by atoms with Crippen LogP contribution in [0.15, 0.2) is 18.6 Å². The van der Waals surface area contributed by atoms with E-state index in [1.54, 1.807) is 12.3 Å². The summed E-state index contributed by atoms with van der Waals surface area (Å²) >= 11 is 0. The first-order valence-electron chi connectivity index (χ1n) is 4.37. The Hall–Kier alpha value is -0.935. The first-order valence-corrected chi connectivity index (χ1v) is 4.37. The molecule has 0 saturated heterocycles. The van der Waals surface area contributed by atoms with Crippen molar-refractivity contribution in [2.24, 2.45) is 0 Å². The van der Waals surface area contributed by atoms with E-state index >= 15 is 0 Å². The SMILES string of the molecule is CCOB(OCC)c1ccncn1. The largest absolute Gasteiger partial charge is 0.513 e. The third-order valence-corrected chi connectivity index (χ3v) is 1.48. The molecular formula is C8H13BN2O2. The van der Waals surface area contributed by atoms with Crippen molar-refractivity contribution in [2.45, 2.75) is 13.8 Å². The number of nitrogens with zero attached hydrogens (tertiary/aromatic N) is 2. The lowest BCUT2D eigenvalue weighted by Crippen LogP contribution is -2.39. The molecule has 0 atom stereocenters. The van der Waals surface area contributed by atoms with E-state index in [1.165, 1.54) is 6.33 Å². The Balaban J connectivity index is 2.64. The van der Waals surface area contributed by atoms with Crippen molar-refractivity contribution in [3.63, 3.8) is 0 Å². The molecule has 0 unspecified atom stereocenters. The minimum absolute atomic E-state index is 0.363. The van der Waals surface area contributed by atoms with Crippen LogP contribution >= 0.6 is 0 Å². The molecule has 0 fully saturated rings. The van der Waals surface area contributed by atoms with E-state index in [2.05, 4.69) is 9.97 Å². The smallest absolute Gasteiger partial charge is 0.407 e. The molecule has 0 amide bonds. The van der Waals surface area contributed by atoms with Crippen LogP contribution in [0.1, 0.15) is 13.8 Å². The molecule has 1 heterocycles. The van der Waals surface area contributed by atoms with Crippen molar-refractivity contribution in [1.82, 2.24) is 9.97 Å². The van der Waals surface area contributed by atoms with E-state index in [-0.39, 0.29) is 7.12 Å². The zero-order valence-corrected chi connectivity index (χ0v) is 7.93. The third kappa shape index (κ3) is 3.12. The quantitative estimate of drug-likeness (QED) is 0.609. The average molecular weight is 180 g/mol. The van der Waals surface area contributed by atoms with Crippen molar-refractivity contribution in [2.75, 3.05) is 13.2 Å². The van der Waals surface area contributed by atoms with Gasteiger partial charge >= 0.3 is 7.12 Å². The van der Waals surface area contributed by atoms with E-state index in [0.29, 0.717) is 13.2 Å². The van der Waals surface area contributed by atoms with Gasteiger partial charge in [0.05, 0.1) is 5.59 Å². The second-order valence-electron chi connectivity index (χ2n) is 2.38. The molecular weight excluding hydrogens is 167 g/mol. The van der Waals surface area contributed by atoms with Crippen LogP contribution < -0.4 is 5.59 Å². The van der Waals surface area contributed by atoms with Gasteiger partial charge in [-0.25, -0.2) is 9.97 Å². The maximum Gasteiger partial charge on any atom is 0.513 e. The first-order chi connectivity index (χ1) is 6.38. The summed E-state index contributed by atoms with van der Waals surface area (Å²) < 4.78 is 10.7. The fourth-order valence-corrected chi connectivity index (χ4v) is 0.962. The molecule has 0 aliphatic carbocycles. The molecule has 1 aromatic rings. The van der Waals surface area contributed by atoms with E-state index < -0.39 is 0 Å². The maximum absolute atomic E-state index is 5.36. The normalized spacial score (nSPS) is 10.0. The highest BCUT2D eigenvalue weighted by Crippen LogP contribution is 1.89. The lowest BCUT2D eigenvalue weighted by Gasteiger charge is -2.10. The van der Waals surface area contributed by atoms with Crippen molar-refractivity contribution >= 4 is 12.7 Å². The summed E-state index contributed by atoms with van der Waals surface area (Å²) in [6.45, 7) is 5.06. The van der Waals surface area contributed by atoms with Crippen LogP contribution in [0.3, 0.4) is 0 Å². The highest BCUT2D eigenvalue weighted by Gasteiger charge is 2.21. The van der Waals surface area contributed by atoms with Gasteiger partial charge in [0.2, 0.25) is 0 Å². The molecule has 0 N–H and O–H groups in total. The van der Waals surface area contributed by atoms with Gasteiger partial charge in [0, 0.05) is 19.4 Å². The molecule has 1 aromatic heterocycles. The summed E-state index contributed by atoms with van der Waals surface area (Å²) in [7, 11) is -0.363. The number of aromatic nitrogens is 2. The molecule has 70 valence electrons. The molecule has 0 aliphatic heterocycles. The van der Waals surface area contributed by atoms with Gasteiger partial charge in [-0.05, 0) is 19.9 Å². The van der Waals surface area contributed by atoms with Gasteiger partial charge in [-0.15, -0.1) is 0 Å². The first kappa shape index (κ1) is 10.1. The Morgan fingerprint density at radius 3 is 2.46 bits per heavy atom. The van der Waals surface area contributed by atoms with Crippen LogP contribution in [0.2, 0.25) is 0 Å². The fourth-order valence-electron chi connectivity index (χ4n) is 0.962. The molecule has 13 heavy (non-hydrogen) atoms. The van der Waals surface area contributed by atoms with Gasteiger partial charge in [-0.1, -0.05) is 0 Å². The molecule has 1 rings (SSSR count). The number of hydrogen-bond acceptors (Lipinski definition) is 4. The van der Waals surface area contributed by atoms with Gasteiger partial charge in [0.25, 0.3) is 0 Å². The summed E-state index contributed by atoms with van der Waals surface area (Å²) in [5, 5.41) is 0. The average Bonchev–Trinajstić information content (AvgIpc) is 2.19. The van der Waals surface area contributed by atoms with Crippen LogP contribution in [0.4, 0.5) is 0 Å². The van der Waals surface area contributed by atoms with Crippen molar-refractivity contribution in [3.8, 4) is 0 Å². The Labute approximate surface area is 78.5 Å². The van der Waals surface area contributed by atoms with Crippen molar-refractivity contribution < 1.29 is 9.31 Å². The van der Waals surface area contributed by atoms with Gasteiger partial charge in [0.15, 0.2) is 0 Å². The van der Waals surface area contributed by atoms with Crippen LogP contribution in [0.25, 0.3) is 0 Å². The zero-order valence-electron chi connectivity index (χ0n) is 7.93. The predicted molar refractivity (Wildman–Crippen MR) is 50.7 cm³/mol. The minimum atomic E-state index is -0.363.